The first kappa shape index (κ1) is 18.8. The lowest BCUT2D eigenvalue weighted by Crippen LogP contribution is -2.38. The molecule has 3 aromatic heterocycles. The molecule has 8 heteroatoms. The molecule has 0 bridgehead atoms. The van der Waals surface area contributed by atoms with Gasteiger partial charge >= 0.3 is 0 Å². The standard InChI is InChI=1S/C21H22N6O2/c28-19(8-13-26-11-2-1-5-20(26)29)24-17-7-12-27(15-17)21-23-10-6-18(25-21)16-4-3-9-22-14-16/h1-6,9-11,14,17H,7-8,12-13,15H2,(H,24,28). The van der Waals surface area contributed by atoms with Crippen molar-refractivity contribution in [1.29, 1.82) is 0 Å². The van der Waals surface area contributed by atoms with Crippen LogP contribution in [0.4, 0.5) is 5.95 Å². The highest BCUT2D eigenvalue weighted by molar-refractivity contribution is 5.76. The summed E-state index contributed by atoms with van der Waals surface area (Å²) in [5.74, 6) is 0.594. The van der Waals surface area contributed by atoms with Crippen LogP contribution in [-0.2, 0) is 11.3 Å². The smallest absolute Gasteiger partial charge is 0.250 e. The Labute approximate surface area is 168 Å². The molecule has 148 valence electrons. The number of aryl methyl sites for hydroxylation is 1. The molecule has 29 heavy (non-hydrogen) atoms. The first-order valence-electron chi connectivity index (χ1n) is 9.62. The number of hydrogen-bond donors (Lipinski definition) is 1. The van der Waals surface area contributed by atoms with Gasteiger partial charge in [-0.2, -0.15) is 0 Å². The van der Waals surface area contributed by atoms with Crippen LogP contribution in [0.5, 0.6) is 0 Å². The fourth-order valence-electron chi connectivity index (χ4n) is 3.40. The van der Waals surface area contributed by atoms with E-state index in [1.54, 1.807) is 36.9 Å². The SMILES string of the molecule is O=C(CCn1ccccc1=O)NC1CCN(c2nccc(-c3cccnc3)n2)C1. The molecule has 1 aliphatic rings. The maximum absolute atomic E-state index is 12.3. The summed E-state index contributed by atoms with van der Waals surface area (Å²) in [6.45, 7) is 1.81. The zero-order valence-corrected chi connectivity index (χ0v) is 15.9. The maximum Gasteiger partial charge on any atom is 0.250 e. The van der Waals surface area contributed by atoms with Crippen LogP contribution in [0, 0.1) is 0 Å². The Morgan fingerprint density at radius 3 is 2.93 bits per heavy atom. The van der Waals surface area contributed by atoms with Gasteiger partial charge in [0, 0.05) is 68.5 Å². The summed E-state index contributed by atoms with van der Waals surface area (Å²) in [6.07, 6.45) is 8.04. The average molecular weight is 390 g/mol. The molecule has 1 N–H and O–H groups in total. The number of carbonyl (C=O) groups excluding carboxylic acids is 1. The molecule has 0 radical (unpaired) electrons. The average Bonchev–Trinajstić information content (AvgIpc) is 3.22. The third-order valence-corrected chi connectivity index (χ3v) is 4.92. The molecule has 1 saturated heterocycles. The minimum absolute atomic E-state index is 0.0423. The Kier molecular flexibility index (Phi) is 5.60. The molecule has 1 aliphatic heterocycles. The Bertz CT molecular complexity index is 1040. The number of nitrogens with one attached hydrogen (secondary N) is 1. The summed E-state index contributed by atoms with van der Waals surface area (Å²) in [7, 11) is 0. The fourth-order valence-corrected chi connectivity index (χ4v) is 3.40. The molecule has 1 atom stereocenters. The minimum atomic E-state index is -0.0991. The highest BCUT2D eigenvalue weighted by Gasteiger charge is 2.25. The van der Waals surface area contributed by atoms with E-state index in [1.807, 2.05) is 18.2 Å². The van der Waals surface area contributed by atoms with Crippen molar-refractivity contribution in [1.82, 2.24) is 24.8 Å². The number of amides is 1. The summed E-state index contributed by atoms with van der Waals surface area (Å²) in [5, 5.41) is 3.05. The summed E-state index contributed by atoms with van der Waals surface area (Å²) in [6, 6.07) is 10.7. The molecular weight excluding hydrogens is 368 g/mol. The van der Waals surface area contributed by atoms with Crippen LogP contribution in [0.15, 0.2) is 66.0 Å². The van der Waals surface area contributed by atoms with Crippen molar-refractivity contribution in [3.63, 3.8) is 0 Å². The van der Waals surface area contributed by atoms with Gasteiger partial charge in [-0.25, -0.2) is 9.97 Å². The van der Waals surface area contributed by atoms with E-state index in [-0.39, 0.29) is 23.9 Å². The molecule has 8 nitrogen and oxygen atoms in total. The predicted molar refractivity (Wildman–Crippen MR) is 109 cm³/mol. The molecule has 4 rings (SSSR count). The molecule has 0 spiro atoms. The largest absolute Gasteiger partial charge is 0.351 e. The number of rotatable bonds is 6. The maximum atomic E-state index is 12.3. The van der Waals surface area contributed by atoms with E-state index in [1.165, 1.54) is 10.6 Å². The molecule has 0 saturated carbocycles. The minimum Gasteiger partial charge on any atom is -0.351 e. The molecule has 4 heterocycles. The molecule has 1 unspecified atom stereocenters. The van der Waals surface area contributed by atoms with Crippen molar-refractivity contribution in [2.75, 3.05) is 18.0 Å². The third-order valence-electron chi connectivity index (χ3n) is 4.92. The normalized spacial score (nSPS) is 16.0. The number of hydrogen-bond acceptors (Lipinski definition) is 6. The Morgan fingerprint density at radius 1 is 1.17 bits per heavy atom. The van der Waals surface area contributed by atoms with Crippen molar-refractivity contribution >= 4 is 11.9 Å². The molecule has 1 amide bonds. The van der Waals surface area contributed by atoms with Gasteiger partial charge in [0.1, 0.15) is 0 Å². The van der Waals surface area contributed by atoms with Crippen molar-refractivity contribution in [2.24, 2.45) is 0 Å². The van der Waals surface area contributed by atoms with Gasteiger partial charge in [-0.1, -0.05) is 6.07 Å². The highest BCUT2D eigenvalue weighted by atomic mass is 16.2. The van der Waals surface area contributed by atoms with E-state index < -0.39 is 0 Å². The van der Waals surface area contributed by atoms with Crippen LogP contribution in [0.3, 0.4) is 0 Å². The lowest BCUT2D eigenvalue weighted by atomic mass is 10.2. The number of nitrogens with zero attached hydrogens (tertiary/aromatic N) is 5. The van der Waals surface area contributed by atoms with Crippen LogP contribution >= 0.6 is 0 Å². The first-order valence-corrected chi connectivity index (χ1v) is 9.62. The second-order valence-corrected chi connectivity index (χ2v) is 6.96. The van der Waals surface area contributed by atoms with E-state index in [0.717, 1.165) is 24.2 Å². The lowest BCUT2D eigenvalue weighted by Gasteiger charge is -2.17. The second-order valence-electron chi connectivity index (χ2n) is 6.96. The molecule has 0 aromatic carbocycles. The molecular formula is C21H22N6O2. The van der Waals surface area contributed by atoms with Crippen molar-refractivity contribution in [3.05, 3.63) is 71.5 Å². The lowest BCUT2D eigenvalue weighted by molar-refractivity contribution is -0.121. The van der Waals surface area contributed by atoms with Gasteiger partial charge in [0.15, 0.2) is 0 Å². The number of anilines is 1. The third kappa shape index (κ3) is 4.66. The quantitative estimate of drug-likeness (QED) is 0.685. The second kappa shape index (κ2) is 8.64. The van der Waals surface area contributed by atoms with Crippen LogP contribution in [-0.4, -0.2) is 44.6 Å². The zero-order chi connectivity index (χ0) is 20.1. The van der Waals surface area contributed by atoms with Crippen LogP contribution in [0.1, 0.15) is 12.8 Å². The predicted octanol–water partition coefficient (Wildman–Crippen LogP) is 1.49. The monoisotopic (exact) mass is 390 g/mol. The van der Waals surface area contributed by atoms with E-state index in [0.29, 0.717) is 19.0 Å². The number of pyridine rings is 2. The summed E-state index contributed by atoms with van der Waals surface area (Å²) < 4.78 is 1.54. The van der Waals surface area contributed by atoms with Gasteiger partial charge in [0.05, 0.1) is 5.69 Å². The van der Waals surface area contributed by atoms with Crippen molar-refractivity contribution in [3.8, 4) is 11.3 Å². The zero-order valence-electron chi connectivity index (χ0n) is 15.9. The van der Waals surface area contributed by atoms with Gasteiger partial charge in [0.2, 0.25) is 11.9 Å². The summed E-state index contributed by atoms with van der Waals surface area (Å²) >= 11 is 0. The van der Waals surface area contributed by atoms with Gasteiger partial charge in [-0.3, -0.25) is 14.6 Å². The van der Waals surface area contributed by atoms with Crippen LogP contribution < -0.4 is 15.8 Å². The van der Waals surface area contributed by atoms with Gasteiger partial charge in [-0.15, -0.1) is 0 Å². The van der Waals surface area contributed by atoms with Gasteiger partial charge in [0.25, 0.3) is 5.56 Å². The van der Waals surface area contributed by atoms with Gasteiger partial charge in [-0.05, 0) is 30.7 Å². The van der Waals surface area contributed by atoms with Crippen LogP contribution in [0.25, 0.3) is 11.3 Å². The van der Waals surface area contributed by atoms with Crippen molar-refractivity contribution < 1.29 is 4.79 Å². The topological polar surface area (TPSA) is 93.0 Å². The van der Waals surface area contributed by atoms with E-state index in [4.69, 9.17) is 0 Å². The Hall–Kier alpha value is -3.55. The van der Waals surface area contributed by atoms with Crippen molar-refractivity contribution in [2.45, 2.75) is 25.4 Å². The summed E-state index contributed by atoms with van der Waals surface area (Å²) in [4.78, 5) is 39.2. The summed E-state index contributed by atoms with van der Waals surface area (Å²) in [5.41, 5.74) is 1.67. The molecule has 0 aliphatic carbocycles. The Balaban J connectivity index is 1.33. The van der Waals surface area contributed by atoms with Crippen LogP contribution in [0.2, 0.25) is 0 Å². The number of aromatic nitrogens is 4. The molecule has 3 aromatic rings. The Morgan fingerprint density at radius 2 is 2.10 bits per heavy atom. The first-order chi connectivity index (χ1) is 14.2. The highest BCUT2D eigenvalue weighted by Crippen LogP contribution is 2.20. The van der Waals surface area contributed by atoms with Gasteiger partial charge < -0.3 is 14.8 Å². The van der Waals surface area contributed by atoms with E-state index >= 15 is 0 Å². The number of carbonyl (C=O) groups is 1. The molecule has 1 fully saturated rings. The van der Waals surface area contributed by atoms with E-state index in [2.05, 4.69) is 25.2 Å². The fraction of sp³-hybridized carbons (Fsp3) is 0.286. The van der Waals surface area contributed by atoms with E-state index in [9.17, 15) is 9.59 Å².